The Morgan fingerprint density at radius 1 is 1.33 bits per heavy atom. The second kappa shape index (κ2) is 2.80. The van der Waals surface area contributed by atoms with Crippen molar-refractivity contribution in [3.63, 3.8) is 0 Å². The van der Waals surface area contributed by atoms with Crippen molar-refractivity contribution in [1.29, 1.82) is 0 Å². The van der Waals surface area contributed by atoms with Crippen molar-refractivity contribution in [3.05, 3.63) is 39.1 Å². The third kappa shape index (κ3) is 1.07. The number of hydrogen-bond donors (Lipinski definition) is 0. The first kappa shape index (κ1) is 8.17. The number of fused-ring (bicyclic) bond motifs is 1. The molecule has 0 fully saturated rings. The molecule has 0 aromatic heterocycles. The summed E-state index contributed by atoms with van der Waals surface area (Å²) in [5.74, 6) is 0.625. The van der Waals surface area contributed by atoms with Crippen LogP contribution >= 0.6 is 0 Å². The van der Waals surface area contributed by atoms with E-state index in [0.29, 0.717) is 5.92 Å². The molecule has 0 bridgehead atoms. The summed E-state index contributed by atoms with van der Waals surface area (Å²) in [6.45, 7) is 4.46. The molecule has 1 atom stereocenters. The molecule has 2 rings (SSSR count). The summed E-state index contributed by atoms with van der Waals surface area (Å²) in [6.07, 6.45) is 2.31. The molecule has 0 saturated heterocycles. The van der Waals surface area contributed by atoms with Gasteiger partial charge >= 0.3 is 82.7 Å². The molecule has 0 aliphatic heterocycles. The summed E-state index contributed by atoms with van der Waals surface area (Å²) in [6, 6.07) is 6.57. The van der Waals surface area contributed by atoms with Crippen molar-refractivity contribution in [2.24, 2.45) is 0 Å². The summed E-state index contributed by atoms with van der Waals surface area (Å²) in [4.78, 5) is 0. The number of allylic oxidation sites excluding steroid dienone is 1. The van der Waals surface area contributed by atoms with E-state index >= 15 is 0 Å². The second-order valence-electron chi connectivity index (χ2n) is 3.69. The van der Waals surface area contributed by atoms with Crippen LogP contribution in [0.1, 0.15) is 29.5 Å². The molecule has 1 aromatic rings. The van der Waals surface area contributed by atoms with Crippen LogP contribution in [0.3, 0.4) is 0 Å². The van der Waals surface area contributed by atoms with Crippen LogP contribution in [0.5, 0.6) is 0 Å². The van der Waals surface area contributed by atoms with Gasteiger partial charge in [0.2, 0.25) is 0 Å². The second-order valence-corrected chi connectivity index (χ2v) is 3.69. The van der Waals surface area contributed by atoms with E-state index in [2.05, 4.69) is 55.8 Å². The van der Waals surface area contributed by atoms with Crippen LogP contribution in [-0.4, -0.2) is 17.7 Å². The average molecular weight is 150 g/mol. The topological polar surface area (TPSA) is 0 Å². The average Bonchev–Trinajstić information content (AvgIpc) is 2.32. The first-order valence-electron chi connectivity index (χ1n) is 4.48. The summed E-state index contributed by atoms with van der Waals surface area (Å²) >= 11 is 2.21. The fourth-order valence-corrected chi connectivity index (χ4v) is 1.88. The standard InChI is InChI=1S/C11H11.Li/c1-8-4-3-5-10-9(2)6-7-11(8)10;/h3-5,7,9H,1-2H3;. The first-order valence-corrected chi connectivity index (χ1v) is 4.48. The molecule has 1 aromatic carbocycles. The Morgan fingerprint density at radius 2 is 2.08 bits per heavy atom. The Hall–Kier alpha value is -0.443. The fourth-order valence-electron chi connectivity index (χ4n) is 1.88. The molecule has 0 nitrogen and oxygen atoms in total. The van der Waals surface area contributed by atoms with Crippen LogP contribution in [-0.2, 0) is 0 Å². The number of benzene rings is 1. The number of aryl methyl sites for hydroxylation is 1. The molecule has 0 radical (unpaired) electrons. The Kier molecular flexibility index (Phi) is 1.91. The minimum atomic E-state index is 0.625. The molecular formula is C11H11Li. The van der Waals surface area contributed by atoms with Crippen LogP contribution in [0.4, 0.5) is 0 Å². The van der Waals surface area contributed by atoms with E-state index in [0.717, 1.165) is 0 Å². The molecule has 0 N–H and O–H groups in total. The van der Waals surface area contributed by atoms with Crippen molar-refractivity contribution in [1.82, 2.24) is 0 Å². The Morgan fingerprint density at radius 3 is 2.75 bits per heavy atom. The molecular weight excluding hydrogens is 139 g/mol. The number of hydrogen-bond acceptors (Lipinski definition) is 0. The predicted molar refractivity (Wildman–Crippen MR) is 53.3 cm³/mol. The van der Waals surface area contributed by atoms with Crippen LogP contribution in [0, 0.1) is 6.92 Å². The number of rotatable bonds is 0. The quantitative estimate of drug-likeness (QED) is 0.499. The van der Waals surface area contributed by atoms with Crippen LogP contribution in [0.15, 0.2) is 22.4 Å². The molecule has 1 unspecified atom stereocenters. The molecule has 56 valence electrons. The summed E-state index contributed by atoms with van der Waals surface area (Å²) in [5, 5.41) is 0. The third-order valence-corrected chi connectivity index (χ3v) is 2.88. The van der Waals surface area contributed by atoms with Gasteiger partial charge < -0.3 is 0 Å². The van der Waals surface area contributed by atoms with Crippen LogP contribution < -0.4 is 0 Å². The molecule has 0 amide bonds. The van der Waals surface area contributed by atoms with E-state index in [1.165, 1.54) is 20.9 Å². The maximum absolute atomic E-state index is 2.31. The first-order chi connectivity index (χ1) is 5.70. The Bertz CT molecular complexity index is 350. The summed E-state index contributed by atoms with van der Waals surface area (Å²) in [7, 11) is 0. The van der Waals surface area contributed by atoms with E-state index in [1.807, 2.05) is 0 Å². The molecule has 1 aliphatic carbocycles. The van der Waals surface area contributed by atoms with Gasteiger partial charge in [-0.2, -0.15) is 0 Å². The monoisotopic (exact) mass is 150 g/mol. The van der Waals surface area contributed by atoms with E-state index in [9.17, 15) is 0 Å². The summed E-state index contributed by atoms with van der Waals surface area (Å²) < 4.78 is 1.49. The van der Waals surface area contributed by atoms with Crippen molar-refractivity contribution in [2.45, 2.75) is 19.8 Å². The Balaban J connectivity index is 2.64. The zero-order valence-electron chi connectivity index (χ0n) is 7.89. The van der Waals surface area contributed by atoms with Crippen LogP contribution in [0.2, 0.25) is 0 Å². The van der Waals surface area contributed by atoms with E-state index in [1.54, 1.807) is 0 Å². The van der Waals surface area contributed by atoms with E-state index < -0.39 is 0 Å². The van der Waals surface area contributed by atoms with Gasteiger partial charge in [-0.05, 0) is 0 Å². The van der Waals surface area contributed by atoms with Gasteiger partial charge in [-0.25, -0.2) is 0 Å². The fraction of sp³-hybridized carbons (Fsp3) is 0.273. The van der Waals surface area contributed by atoms with E-state index in [-0.39, 0.29) is 0 Å². The van der Waals surface area contributed by atoms with Gasteiger partial charge in [0.25, 0.3) is 0 Å². The summed E-state index contributed by atoms with van der Waals surface area (Å²) in [5.41, 5.74) is 4.34. The molecule has 0 spiro atoms. The van der Waals surface area contributed by atoms with Gasteiger partial charge in [-0.3, -0.25) is 0 Å². The predicted octanol–water partition coefficient (Wildman–Crippen LogP) is 2.62. The van der Waals surface area contributed by atoms with Crippen molar-refractivity contribution >= 4 is 23.8 Å². The molecule has 12 heavy (non-hydrogen) atoms. The third-order valence-electron chi connectivity index (χ3n) is 2.88. The van der Waals surface area contributed by atoms with Crippen molar-refractivity contribution in [2.75, 3.05) is 0 Å². The van der Waals surface area contributed by atoms with Crippen molar-refractivity contribution in [3.8, 4) is 0 Å². The minimum absolute atomic E-state index is 0.625. The van der Waals surface area contributed by atoms with E-state index in [4.69, 9.17) is 0 Å². The Labute approximate surface area is 82.9 Å². The SMILES string of the molecule is [Li][C]1=Cc2c(C)cccc2C1C. The van der Waals surface area contributed by atoms with Gasteiger partial charge in [-0.1, -0.05) is 0 Å². The van der Waals surface area contributed by atoms with Gasteiger partial charge in [0.05, 0.1) is 0 Å². The van der Waals surface area contributed by atoms with Gasteiger partial charge in [-0.15, -0.1) is 0 Å². The molecule has 0 heterocycles. The maximum atomic E-state index is 2.31. The molecule has 1 aliphatic rings. The van der Waals surface area contributed by atoms with Gasteiger partial charge in [0, 0.05) is 0 Å². The normalized spacial score (nSPS) is 20.7. The van der Waals surface area contributed by atoms with Crippen LogP contribution in [0.25, 0.3) is 6.08 Å². The van der Waals surface area contributed by atoms with Crippen molar-refractivity contribution < 1.29 is 0 Å². The molecule has 1 heteroatoms. The zero-order valence-corrected chi connectivity index (χ0v) is 7.89. The molecule has 0 saturated carbocycles. The van der Waals surface area contributed by atoms with Gasteiger partial charge in [0.15, 0.2) is 0 Å². The zero-order chi connectivity index (χ0) is 8.72. The van der Waals surface area contributed by atoms with Gasteiger partial charge in [0.1, 0.15) is 0 Å².